The minimum atomic E-state index is -0.533. The Kier molecular flexibility index (Phi) is 7.12. The molecule has 0 spiro atoms. The molecule has 0 N–H and O–H groups in total. The smallest absolute Gasteiger partial charge is 0.409 e. The van der Waals surface area contributed by atoms with E-state index in [-0.39, 0.29) is 36.6 Å². The highest BCUT2D eigenvalue weighted by Gasteiger charge is 2.35. The number of halogens is 1. The van der Waals surface area contributed by atoms with Gasteiger partial charge in [0.25, 0.3) is 0 Å². The van der Waals surface area contributed by atoms with Gasteiger partial charge in [-0.05, 0) is 43.9 Å². The van der Waals surface area contributed by atoms with Gasteiger partial charge in [-0.2, -0.15) is 0 Å². The van der Waals surface area contributed by atoms with Crippen molar-refractivity contribution in [2.75, 3.05) is 20.3 Å². The summed E-state index contributed by atoms with van der Waals surface area (Å²) in [6.07, 6.45) is 0.554. The van der Waals surface area contributed by atoms with Crippen molar-refractivity contribution in [2.45, 2.75) is 38.6 Å². The van der Waals surface area contributed by atoms with E-state index in [2.05, 4.69) is 0 Å². The highest BCUT2D eigenvalue weighted by molar-refractivity contribution is 5.96. The molecule has 7 heteroatoms. The molecule has 1 heterocycles. The molecule has 1 aliphatic heterocycles. The third kappa shape index (κ3) is 5.28. The Balaban J connectivity index is 2.09. The molecule has 0 bridgehead atoms. The van der Waals surface area contributed by atoms with Gasteiger partial charge in [0.05, 0.1) is 13.7 Å². The molecule has 1 aromatic rings. The molecule has 26 heavy (non-hydrogen) atoms. The number of esters is 1. The minimum Gasteiger partial charge on any atom is -0.466 e. The van der Waals surface area contributed by atoms with E-state index in [4.69, 9.17) is 9.47 Å². The van der Waals surface area contributed by atoms with Gasteiger partial charge < -0.3 is 14.4 Å². The lowest BCUT2D eigenvalue weighted by molar-refractivity contribution is -0.146. The molecule has 6 nitrogen and oxygen atoms in total. The number of ketones is 1. The van der Waals surface area contributed by atoms with E-state index in [1.54, 1.807) is 24.0 Å². The molecule has 0 radical (unpaired) electrons. The number of methoxy groups -OCH3 is 1. The SMILES string of the molecule is CCOC(=O)CC(=O)[C@H]1CCN(C(=O)OC)[C@H](Cc2cccc(F)c2)C1. The number of carbonyl (C=O) groups is 3. The summed E-state index contributed by atoms with van der Waals surface area (Å²) >= 11 is 0. The van der Waals surface area contributed by atoms with Crippen molar-refractivity contribution >= 4 is 17.8 Å². The van der Waals surface area contributed by atoms with Crippen molar-refractivity contribution in [3.05, 3.63) is 35.6 Å². The van der Waals surface area contributed by atoms with Crippen LogP contribution in [-0.4, -0.2) is 49.0 Å². The summed E-state index contributed by atoms with van der Waals surface area (Å²) in [5, 5.41) is 0. The third-order valence-corrected chi connectivity index (χ3v) is 4.56. The molecule has 0 saturated carbocycles. The number of hydrogen-bond donors (Lipinski definition) is 0. The van der Waals surface area contributed by atoms with Crippen LogP contribution in [0.3, 0.4) is 0 Å². The number of hydrogen-bond acceptors (Lipinski definition) is 5. The summed E-state index contributed by atoms with van der Waals surface area (Å²) in [7, 11) is 1.31. The fourth-order valence-corrected chi connectivity index (χ4v) is 3.33. The standard InChI is InChI=1S/C19H24FNO5/c1-3-26-18(23)12-17(22)14-7-8-21(19(24)25-2)16(11-14)10-13-5-4-6-15(20)9-13/h4-6,9,14,16H,3,7-8,10-12H2,1-2H3/t14-,16+/m0/s1. The summed E-state index contributed by atoms with van der Waals surface area (Å²) < 4.78 is 23.1. The van der Waals surface area contributed by atoms with E-state index in [1.165, 1.54) is 19.2 Å². The average Bonchev–Trinajstić information content (AvgIpc) is 2.61. The maximum absolute atomic E-state index is 13.5. The van der Waals surface area contributed by atoms with Gasteiger partial charge in [0.1, 0.15) is 18.0 Å². The summed E-state index contributed by atoms with van der Waals surface area (Å²) in [6, 6.07) is 5.87. The van der Waals surface area contributed by atoms with Gasteiger partial charge in [-0.1, -0.05) is 12.1 Å². The highest BCUT2D eigenvalue weighted by atomic mass is 19.1. The molecule has 0 unspecified atom stereocenters. The number of Topliss-reactive ketones (excluding diaryl/α,β-unsaturated/α-hetero) is 1. The number of benzene rings is 1. The van der Waals surface area contributed by atoms with Gasteiger partial charge in [-0.25, -0.2) is 9.18 Å². The fourth-order valence-electron chi connectivity index (χ4n) is 3.33. The lowest BCUT2D eigenvalue weighted by Crippen LogP contribution is -2.48. The molecule has 1 aromatic carbocycles. The number of likely N-dealkylation sites (tertiary alicyclic amines) is 1. The van der Waals surface area contributed by atoms with Crippen molar-refractivity contribution < 1.29 is 28.2 Å². The van der Waals surface area contributed by atoms with Crippen molar-refractivity contribution in [3.8, 4) is 0 Å². The molecular formula is C19H24FNO5. The van der Waals surface area contributed by atoms with E-state index in [0.717, 1.165) is 5.56 Å². The molecule has 2 rings (SSSR count). The first-order valence-electron chi connectivity index (χ1n) is 8.72. The van der Waals surface area contributed by atoms with Crippen LogP contribution in [0.2, 0.25) is 0 Å². The Morgan fingerprint density at radius 1 is 1.31 bits per heavy atom. The van der Waals surface area contributed by atoms with Crippen LogP contribution >= 0.6 is 0 Å². The van der Waals surface area contributed by atoms with Crippen molar-refractivity contribution in [1.82, 2.24) is 4.90 Å². The second kappa shape index (κ2) is 9.31. The number of rotatable bonds is 6. The van der Waals surface area contributed by atoms with Gasteiger partial charge in [0.2, 0.25) is 0 Å². The van der Waals surface area contributed by atoms with Gasteiger partial charge in [0.15, 0.2) is 0 Å². The maximum atomic E-state index is 13.5. The number of amides is 1. The number of nitrogens with zero attached hydrogens (tertiary/aromatic N) is 1. The van der Waals surface area contributed by atoms with E-state index >= 15 is 0 Å². The molecular weight excluding hydrogens is 341 g/mol. The average molecular weight is 365 g/mol. The Morgan fingerprint density at radius 3 is 2.73 bits per heavy atom. The first-order chi connectivity index (χ1) is 12.4. The zero-order valence-corrected chi connectivity index (χ0v) is 15.1. The van der Waals surface area contributed by atoms with E-state index in [9.17, 15) is 18.8 Å². The van der Waals surface area contributed by atoms with E-state index in [1.807, 2.05) is 0 Å². The van der Waals surface area contributed by atoms with E-state index < -0.39 is 12.1 Å². The summed E-state index contributed by atoms with van der Waals surface area (Å²) in [5.41, 5.74) is 0.738. The molecule has 1 fully saturated rings. The lowest BCUT2D eigenvalue weighted by atomic mass is 9.84. The molecule has 142 valence electrons. The Hall–Kier alpha value is -2.44. The monoisotopic (exact) mass is 365 g/mol. The largest absolute Gasteiger partial charge is 0.466 e. The summed E-state index contributed by atoms with van der Waals surface area (Å²) in [4.78, 5) is 37.6. The predicted octanol–water partition coefficient (Wildman–Crippen LogP) is 2.74. The number of piperidine rings is 1. The maximum Gasteiger partial charge on any atom is 0.409 e. The van der Waals surface area contributed by atoms with Crippen LogP contribution in [-0.2, 0) is 25.5 Å². The van der Waals surface area contributed by atoms with Crippen LogP contribution < -0.4 is 0 Å². The minimum absolute atomic E-state index is 0.183. The number of ether oxygens (including phenoxy) is 2. The Bertz CT molecular complexity index is 663. The molecule has 2 atom stereocenters. The van der Waals surface area contributed by atoms with Crippen LogP contribution in [0.25, 0.3) is 0 Å². The van der Waals surface area contributed by atoms with Gasteiger partial charge in [0, 0.05) is 18.5 Å². The van der Waals surface area contributed by atoms with Gasteiger partial charge in [-0.15, -0.1) is 0 Å². The fraction of sp³-hybridized carbons (Fsp3) is 0.526. The first-order valence-corrected chi connectivity index (χ1v) is 8.72. The Labute approximate surface area is 152 Å². The second-order valence-electron chi connectivity index (χ2n) is 6.32. The van der Waals surface area contributed by atoms with Crippen LogP contribution in [0, 0.1) is 11.7 Å². The molecule has 0 aromatic heterocycles. The summed E-state index contributed by atoms with van der Waals surface area (Å²) in [5.74, 6) is -1.40. The molecule has 1 saturated heterocycles. The quantitative estimate of drug-likeness (QED) is 0.572. The third-order valence-electron chi connectivity index (χ3n) is 4.56. The van der Waals surface area contributed by atoms with Crippen LogP contribution in [0.15, 0.2) is 24.3 Å². The first kappa shape index (κ1) is 19.9. The zero-order chi connectivity index (χ0) is 19.1. The predicted molar refractivity (Wildman–Crippen MR) is 92.0 cm³/mol. The molecule has 0 aliphatic carbocycles. The van der Waals surface area contributed by atoms with Gasteiger partial charge in [-0.3, -0.25) is 9.59 Å². The van der Waals surface area contributed by atoms with E-state index in [0.29, 0.717) is 25.8 Å². The lowest BCUT2D eigenvalue weighted by Gasteiger charge is -2.38. The van der Waals surface area contributed by atoms with Crippen LogP contribution in [0.1, 0.15) is 31.7 Å². The van der Waals surface area contributed by atoms with Crippen LogP contribution in [0.4, 0.5) is 9.18 Å². The second-order valence-corrected chi connectivity index (χ2v) is 6.32. The zero-order valence-electron chi connectivity index (χ0n) is 15.1. The topological polar surface area (TPSA) is 72.9 Å². The van der Waals surface area contributed by atoms with Crippen molar-refractivity contribution in [3.63, 3.8) is 0 Å². The molecule has 1 amide bonds. The molecule has 1 aliphatic rings. The van der Waals surface area contributed by atoms with Crippen molar-refractivity contribution in [2.24, 2.45) is 5.92 Å². The number of carbonyl (C=O) groups excluding carboxylic acids is 3. The normalized spacial score (nSPS) is 19.7. The van der Waals surface area contributed by atoms with Crippen LogP contribution in [0.5, 0.6) is 0 Å². The van der Waals surface area contributed by atoms with Crippen molar-refractivity contribution in [1.29, 1.82) is 0 Å². The summed E-state index contributed by atoms with van der Waals surface area (Å²) in [6.45, 7) is 2.27. The Morgan fingerprint density at radius 2 is 2.08 bits per heavy atom. The van der Waals surface area contributed by atoms with Gasteiger partial charge >= 0.3 is 12.1 Å². The highest BCUT2D eigenvalue weighted by Crippen LogP contribution is 2.28.